The SMILES string of the molecule is CSc1cccc(SCCS(C)(=O)=O)c1CN. The first kappa shape index (κ1) is 14.9. The molecule has 0 saturated heterocycles. The number of hydrogen-bond donors (Lipinski definition) is 1. The third-order valence-electron chi connectivity index (χ3n) is 2.23. The van der Waals surface area contributed by atoms with Gasteiger partial charge in [0.05, 0.1) is 5.75 Å². The lowest BCUT2D eigenvalue weighted by atomic mass is 10.2. The fourth-order valence-electron chi connectivity index (χ4n) is 1.38. The monoisotopic (exact) mass is 291 g/mol. The average Bonchev–Trinajstić information content (AvgIpc) is 2.27. The minimum Gasteiger partial charge on any atom is -0.326 e. The molecule has 0 amide bonds. The first-order chi connectivity index (χ1) is 7.98. The minimum atomic E-state index is -2.89. The highest BCUT2D eigenvalue weighted by Crippen LogP contribution is 2.30. The highest BCUT2D eigenvalue weighted by molar-refractivity contribution is 8.01. The van der Waals surface area contributed by atoms with Gasteiger partial charge in [0.25, 0.3) is 0 Å². The Bertz CT molecular complexity index is 472. The van der Waals surface area contributed by atoms with Gasteiger partial charge in [-0.3, -0.25) is 0 Å². The van der Waals surface area contributed by atoms with E-state index in [1.807, 2.05) is 24.5 Å². The van der Waals surface area contributed by atoms with Crippen molar-refractivity contribution in [1.82, 2.24) is 0 Å². The number of nitrogens with two attached hydrogens (primary N) is 1. The summed E-state index contributed by atoms with van der Waals surface area (Å²) < 4.78 is 22.1. The quantitative estimate of drug-likeness (QED) is 0.812. The first-order valence-corrected chi connectivity index (χ1v) is 9.41. The van der Waals surface area contributed by atoms with E-state index in [0.717, 1.165) is 15.4 Å². The Hall–Kier alpha value is -0.170. The summed E-state index contributed by atoms with van der Waals surface area (Å²) in [5.41, 5.74) is 6.85. The maximum absolute atomic E-state index is 11.1. The Labute approximate surface area is 111 Å². The first-order valence-electron chi connectivity index (χ1n) is 5.14. The summed E-state index contributed by atoms with van der Waals surface area (Å²) in [5.74, 6) is 0.773. The van der Waals surface area contributed by atoms with Gasteiger partial charge >= 0.3 is 0 Å². The Balaban J connectivity index is 2.77. The fourth-order valence-corrected chi connectivity index (χ4v) is 4.40. The van der Waals surface area contributed by atoms with Crippen molar-refractivity contribution >= 4 is 33.4 Å². The van der Waals surface area contributed by atoms with Gasteiger partial charge in [-0.2, -0.15) is 0 Å². The van der Waals surface area contributed by atoms with Gasteiger partial charge in [0.1, 0.15) is 9.84 Å². The van der Waals surface area contributed by atoms with Crippen LogP contribution in [0.1, 0.15) is 5.56 Å². The summed E-state index contributed by atoms with van der Waals surface area (Å²) in [6.07, 6.45) is 3.27. The van der Waals surface area contributed by atoms with Crippen LogP contribution in [0.15, 0.2) is 28.0 Å². The van der Waals surface area contributed by atoms with Gasteiger partial charge in [-0.1, -0.05) is 6.07 Å². The van der Waals surface area contributed by atoms with Crippen LogP contribution in [0, 0.1) is 0 Å². The van der Waals surface area contributed by atoms with E-state index >= 15 is 0 Å². The van der Waals surface area contributed by atoms with E-state index in [0.29, 0.717) is 12.3 Å². The Morgan fingerprint density at radius 2 is 1.94 bits per heavy atom. The molecule has 1 aromatic rings. The predicted octanol–water partition coefficient (Wildman–Crippen LogP) is 2.00. The van der Waals surface area contributed by atoms with Crippen LogP contribution >= 0.6 is 23.5 Å². The zero-order valence-corrected chi connectivity index (χ0v) is 12.4. The van der Waals surface area contributed by atoms with Crippen LogP contribution in [0.2, 0.25) is 0 Å². The fraction of sp³-hybridized carbons (Fsp3) is 0.455. The van der Waals surface area contributed by atoms with Crippen LogP contribution < -0.4 is 5.73 Å². The Morgan fingerprint density at radius 1 is 1.29 bits per heavy atom. The lowest BCUT2D eigenvalue weighted by Crippen LogP contribution is -2.06. The summed E-state index contributed by atoms with van der Waals surface area (Å²) in [5, 5.41) is 0. The molecule has 0 bridgehead atoms. The van der Waals surface area contributed by atoms with E-state index in [1.54, 1.807) is 23.5 Å². The molecule has 0 fully saturated rings. The molecule has 0 heterocycles. The molecule has 3 nitrogen and oxygen atoms in total. The van der Waals surface area contributed by atoms with E-state index in [-0.39, 0.29) is 5.75 Å². The predicted molar refractivity (Wildman–Crippen MR) is 76.5 cm³/mol. The topological polar surface area (TPSA) is 60.2 Å². The normalized spacial score (nSPS) is 11.7. The second kappa shape index (κ2) is 6.68. The minimum absolute atomic E-state index is 0.200. The summed E-state index contributed by atoms with van der Waals surface area (Å²) >= 11 is 3.22. The highest BCUT2D eigenvalue weighted by atomic mass is 32.2. The van der Waals surface area contributed by atoms with E-state index in [4.69, 9.17) is 5.73 Å². The molecule has 2 N–H and O–H groups in total. The van der Waals surface area contributed by atoms with Gasteiger partial charge in [0, 0.05) is 28.3 Å². The Kier molecular flexibility index (Phi) is 5.85. The molecule has 96 valence electrons. The molecular weight excluding hydrogens is 274 g/mol. The molecule has 0 aromatic heterocycles. The molecule has 0 aliphatic rings. The molecule has 0 aliphatic heterocycles. The van der Waals surface area contributed by atoms with Crippen LogP contribution in [-0.2, 0) is 16.4 Å². The Morgan fingerprint density at radius 3 is 2.47 bits per heavy atom. The van der Waals surface area contributed by atoms with E-state index < -0.39 is 9.84 Å². The molecule has 0 spiro atoms. The van der Waals surface area contributed by atoms with Gasteiger partial charge < -0.3 is 5.73 Å². The van der Waals surface area contributed by atoms with Gasteiger partial charge in [-0.05, 0) is 24.0 Å². The lowest BCUT2D eigenvalue weighted by molar-refractivity contribution is 0.603. The molecule has 1 aromatic carbocycles. The molecule has 0 saturated carbocycles. The van der Waals surface area contributed by atoms with Crippen molar-refractivity contribution in [2.75, 3.05) is 24.0 Å². The van der Waals surface area contributed by atoms with Crippen molar-refractivity contribution < 1.29 is 8.42 Å². The molecule has 0 aliphatic carbocycles. The van der Waals surface area contributed by atoms with Crippen LogP contribution in [0.5, 0.6) is 0 Å². The van der Waals surface area contributed by atoms with E-state index in [9.17, 15) is 8.42 Å². The van der Waals surface area contributed by atoms with Crippen LogP contribution in [0.4, 0.5) is 0 Å². The van der Waals surface area contributed by atoms with Crippen LogP contribution in [0.25, 0.3) is 0 Å². The van der Waals surface area contributed by atoms with Gasteiger partial charge in [-0.25, -0.2) is 8.42 Å². The molecule has 0 atom stereocenters. The molecular formula is C11H17NO2S3. The van der Waals surface area contributed by atoms with Crippen molar-refractivity contribution in [3.05, 3.63) is 23.8 Å². The maximum atomic E-state index is 11.1. The number of sulfone groups is 1. The summed E-state index contributed by atoms with van der Waals surface area (Å²) in [7, 11) is -2.89. The van der Waals surface area contributed by atoms with Gasteiger partial charge in [-0.15, -0.1) is 23.5 Å². The summed E-state index contributed by atoms with van der Waals surface area (Å²) in [6, 6.07) is 6.01. The van der Waals surface area contributed by atoms with Gasteiger partial charge in [0.2, 0.25) is 0 Å². The largest absolute Gasteiger partial charge is 0.326 e. The van der Waals surface area contributed by atoms with Crippen molar-refractivity contribution in [2.45, 2.75) is 16.3 Å². The third kappa shape index (κ3) is 4.91. The smallest absolute Gasteiger partial charge is 0.148 e. The molecule has 17 heavy (non-hydrogen) atoms. The standard InChI is InChI=1S/C11H17NO2S3/c1-15-10-4-3-5-11(9(10)8-12)16-6-7-17(2,13)14/h3-5H,6-8,12H2,1-2H3. The van der Waals surface area contributed by atoms with Crippen molar-refractivity contribution in [3.63, 3.8) is 0 Å². The molecule has 1 rings (SSSR count). The summed E-state index contributed by atoms with van der Waals surface area (Å²) in [4.78, 5) is 2.25. The number of rotatable bonds is 6. The summed E-state index contributed by atoms with van der Waals surface area (Å²) in [6.45, 7) is 0.484. The van der Waals surface area contributed by atoms with Crippen molar-refractivity contribution in [2.24, 2.45) is 5.73 Å². The molecule has 6 heteroatoms. The molecule has 0 radical (unpaired) electrons. The molecule has 0 unspecified atom stereocenters. The van der Waals surface area contributed by atoms with E-state index in [2.05, 4.69) is 0 Å². The van der Waals surface area contributed by atoms with Crippen LogP contribution in [-0.4, -0.2) is 32.4 Å². The van der Waals surface area contributed by atoms with Crippen LogP contribution in [0.3, 0.4) is 0 Å². The lowest BCUT2D eigenvalue weighted by Gasteiger charge is -2.11. The zero-order chi connectivity index (χ0) is 12.9. The highest BCUT2D eigenvalue weighted by Gasteiger charge is 2.08. The number of thioether (sulfide) groups is 2. The van der Waals surface area contributed by atoms with Gasteiger partial charge in [0.15, 0.2) is 0 Å². The second-order valence-electron chi connectivity index (χ2n) is 3.62. The number of benzene rings is 1. The van der Waals surface area contributed by atoms with Crippen molar-refractivity contribution in [3.8, 4) is 0 Å². The second-order valence-corrected chi connectivity index (χ2v) is 7.86. The number of hydrogen-bond acceptors (Lipinski definition) is 5. The van der Waals surface area contributed by atoms with E-state index in [1.165, 1.54) is 6.26 Å². The zero-order valence-electron chi connectivity index (χ0n) is 9.97. The van der Waals surface area contributed by atoms with Crippen molar-refractivity contribution in [1.29, 1.82) is 0 Å². The average molecular weight is 291 g/mol. The maximum Gasteiger partial charge on any atom is 0.148 e. The third-order valence-corrected chi connectivity index (χ3v) is 5.35.